The number of rotatable bonds is 5. The number of hydrogen-bond donors (Lipinski definition) is 1. The molecule has 0 spiro atoms. The Morgan fingerprint density at radius 1 is 0.889 bits per heavy atom. The smallest absolute Gasteiger partial charge is 0.209 e. The van der Waals surface area contributed by atoms with E-state index in [9.17, 15) is 4.79 Å². The molecule has 1 atom stereocenters. The van der Waals surface area contributed by atoms with Crippen LogP contribution in [-0.2, 0) is 16.1 Å². The van der Waals surface area contributed by atoms with Gasteiger partial charge in [0.15, 0.2) is 0 Å². The first-order valence-electron chi connectivity index (χ1n) is 13.0. The number of nitrogens with zero attached hydrogens (tertiary/aromatic N) is 1. The topological polar surface area (TPSA) is 55.4 Å². The molecule has 0 aromatic heterocycles. The monoisotopic (exact) mass is 497 g/mol. The first-order chi connectivity index (χ1) is 17.8. The Balaban J connectivity index is 0. The third-order valence-electron chi connectivity index (χ3n) is 6.33. The van der Waals surface area contributed by atoms with Crippen LogP contribution in [0.1, 0.15) is 81.3 Å². The van der Waals surface area contributed by atoms with E-state index in [-0.39, 0.29) is 0 Å². The van der Waals surface area contributed by atoms with Crippen molar-refractivity contribution in [3.63, 3.8) is 0 Å². The molecule has 2 heterocycles. The second kappa shape index (κ2) is 26.7. The number of ether oxygens (including phenoxy) is 2. The van der Waals surface area contributed by atoms with E-state index < -0.39 is 0 Å². The number of benzene rings is 1. The van der Waals surface area contributed by atoms with Gasteiger partial charge in [-0.05, 0) is 30.9 Å². The van der Waals surface area contributed by atoms with Crippen LogP contribution in [0.2, 0.25) is 0 Å². The van der Waals surface area contributed by atoms with Crippen LogP contribution in [0.15, 0.2) is 18.2 Å². The van der Waals surface area contributed by atoms with Crippen molar-refractivity contribution < 1.29 is 19.6 Å². The van der Waals surface area contributed by atoms with Crippen LogP contribution in [-0.4, -0.2) is 51.7 Å². The highest BCUT2D eigenvalue weighted by atomic mass is 16.5. The molecule has 4 rings (SSSR count). The Bertz CT molecular complexity index is 670. The van der Waals surface area contributed by atoms with Gasteiger partial charge >= 0.3 is 0 Å². The lowest BCUT2D eigenvalue weighted by atomic mass is 9.93. The van der Waals surface area contributed by atoms with Gasteiger partial charge in [0.05, 0.1) is 26.8 Å². The number of nitrogens with two attached hydrogens (primary N) is 1. The highest BCUT2D eigenvalue weighted by molar-refractivity contribution is 5.46. The average Bonchev–Trinajstić information content (AvgIpc) is 3.54. The average molecular weight is 498 g/mol. The normalized spacial score (nSPS) is 17.7. The predicted molar refractivity (Wildman–Crippen MR) is 152 cm³/mol. The van der Waals surface area contributed by atoms with Gasteiger partial charge in [-0.25, -0.2) is 0 Å². The number of hydrogen-bond acceptors (Lipinski definition) is 3. The number of carbonyl (C=O) groups excluding carboxylic acids is 1. The molecule has 0 bridgehead atoms. The van der Waals surface area contributed by atoms with E-state index in [1.54, 1.807) is 14.2 Å². The summed E-state index contributed by atoms with van der Waals surface area (Å²) in [7, 11) is 3.45. The molecule has 0 unspecified atom stereocenters. The first kappa shape index (κ1) is 35.3. The summed E-state index contributed by atoms with van der Waals surface area (Å²) in [6.07, 6.45) is 38.9. The summed E-state index contributed by atoms with van der Waals surface area (Å²) >= 11 is 0. The number of terminal acetylenes is 3. The van der Waals surface area contributed by atoms with E-state index in [1.807, 2.05) is 11.0 Å². The van der Waals surface area contributed by atoms with Crippen molar-refractivity contribution in [1.29, 1.82) is 0 Å². The van der Waals surface area contributed by atoms with Crippen molar-refractivity contribution in [2.75, 3.05) is 40.4 Å². The fraction of sp³-hybridized carbons (Fsp3) is 0.581. The molecular weight excluding hydrogens is 448 g/mol. The second-order valence-corrected chi connectivity index (χ2v) is 8.58. The van der Waals surface area contributed by atoms with Crippen molar-refractivity contribution in [1.82, 2.24) is 4.90 Å². The van der Waals surface area contributed by atoms with Gasteiger partial charge < -0.3 is 19.7 Å². The van der Waals surface area contributed by atoms with Crippen molar-refractivity contribution in [3.05, 3.63) is 29.3 Å². The molecule has 1 aliphatic carbocycles. The maximum Gasteiger partial charge on any atom is 0.209 e. The molecule has 2 aliphatic heterocycles. The highest BCUT2D eigenvalue weighted by Crippen LogP contribution is 2.30. The number of carbonyl (C=O) groups is 1. The summed E-state index contributed by atoms with van der Waals surface area (Å²) in [6.45, 7) is 5.00. The molecule has 1 saturated carbocycles. The number of methoxy groups -OCH3 is 2. The molecule has 2 saturated heterocycles. The largest absolute Gasteiger partial charge is 0.496 e. The number of piperidine rings is 1. The van der Waals surface area contributed by atoms with Crippen LogP contribution in [0, 0.1) is 38.5 Å². The molecular formula is C31H49N2O3+. The molecule has 1 aromatic rings. The van der Waals surface area contributed by atoms with Gasteiger partial charge in [-0.3, -0.25) is 4.79 Å². The quantitative estimate of drug-likeness (QED) is 0.477. The zero-order chi connectivity index (χ0) is 27.4. The van der Waals surface area contributed by atoms with Gasteiger partial charge in [-0.15, -0.1) is 38.5 Å². The first-order valence-corrected chi connectivity index (χ1v) is 13.0. The summed E-state index contributed by atoms with van der Waals surface area (Å²) in [6, 6.07) is 6.29. The third kappa shape index (κ3) is 15.2. The van der Waals surface area contributed by atoms with Gasteiger partial charge in [-0.1, -0.05) is 50.7 Å². The lowest BCUT2D eigenvalue weighted by molar-refractivity contribution is -0.636. The molecule has 2 N–H and O–H groups in total. The van der Waals surface area contributed by atoms with Crippen LogP contribution in [0.3, 0.4) is 0 Å². The van der Waals surface area contributed by atoms with Crippen molar-refractivity contribution >= 4 is 6.41 Å². The molecule has 1 amide bonds. The fourth-order valence-corrected chi connectivity index (χ4v) is 4.58. The van der Waals surface area contributed by atoms with E-state index in [0.717, 1.165) is 25.2 Å². The highest BCUT2D eigenvalue weighted by Gasteiger charge is 2.23. The molecule has 5 heteroatoms. The summed E-state index contributed by atoms with van der Waals surface area (Å²) < 4.78 is 10.7. The summed E-state index contributed by atoms with van der Waals surface area (Å²) in [4.78, 5) is 11.9. The van der Waals surface area contributed by atoms with Crippen LogP contribution < -0.4 is 10.1 Å². The summed E-state index contributed by atoms with van der Waals surface area (Å²) in [5.74, 6) is 1.60. The number of quaternary nitrogens is 1. The van der Waals surface area contributed by atoms with Crippen molar-refractivity contribution in [3.8, 4) is 44.3 Å². The van der Waals surface area contributed by atoms with E-state index in [1.165, 1.54) is 88.4 Å². The Hall–Kier alpha value is -2.91. The zero-order valence-corrected chi connectivity index (χ0v) is 22.7. The summed E-state index contributed by atoms with van der Waals surface area (Å²) in [5, 5.41) is 2.38. The van der Waals surface area contributed by atoms with Gasteiger partial charge in [0.1, 0.15) is 5.75 Å². The Kier molecular flexibility index (Phi) is 26.1. The van der Waals surface area contributed by atoms with Crippen LogP contribution in [0.5, 0.6) is 5.75 Å². The third-order valence-corrected chi connectivity index (χ3v) is 6.33. The van der Waals surface area contributed by atoms with E-state index in [2.05, 4.69) is 56.0 Å². The summed E-state index contributed by atoms with van der Waals surface area (Å²) in [5.41, 5.74) is 2.61. The van der Waals surface area contributed by atoms with Gasteiger partial charge in [-0.2, -0.15) is 0 Å². The minimum absolute atomic E-state index is 0.635. The van der Waals surface area contributed by atoms with E-state index in [0.29, 0.717) is 12.5 Å². The van der Waals surface area contributed by atoms with Crippen LogP contribution in [0.25, 0.3) is 0 Å². The Morgan fingerprint density at radius 3 is 1.81 bits per heavy atom. The molecule has 1 aromatic carbocycles. The fourth-order valence-electron chi connectivity index (χ4n) is 4.58. The number of likely N-dealkylation sites (tertiary alicyclic amines) is 1. The maximum atomic E-state index is 10.1. The van der Waals surface area contributed by atoms with Gasteiger partial charge in [0.25, 0.3) is 0 Å². The molecule has 5 nitrogen and oxygen atoms in total. The van der Waals surface area contributed by atoms with Crippen LogP contribution in [0.4, 0.5) is 0 Å². The Morgan fingerprint density at radius 2 is 1.42 bits per heavy atom. The SMILES string of the molecule is C#C.C#C.C#C.C1CCCCC1.COCc1c(OC)cccc1[C@H]1CC[NH2+]C1.O=CN1CCCCC1. The minimum atomic E-state index is 0.635. The molecule has 36 heavy (non-hydrogen) atoms. The van der Waals surface area contributed by atoms with E-state index in [4.69, 9.17) is 9.47 Å². The van der Waals surface area contributed by atoms with Gasteiger partial charge in [0, 0.05) is 38.1 Å². The molecule has 200 valence electrons. The standard InChI is InChI=1S/C13H19NO2.C6H11NO.C6H12.3C2H2/c1-15-9-12-11(10-6-7-14-8-10)4-3-5-13(12)16-2;8-6-7-4-2-1-3-5-7;1-2-4-6-5-3-1;3*1-2/h3-5,10,14H,6-9H2,1-2H3;6H,1-5H2;1-6H2;3*1-2H/p+1/t10-;;;;;/m0...../s1. The maximum absolute atomic E-state index is 10.1. The van der Waals surface area contributed by atoms with Crippen molar-refractivity contribution in [2.45, 2.75) is 76.7 Å². The molecule has 3 aliphatic rings. The van der Waals surface area contributed by atoms with Gasteiger partial charge in [0.2, 0.25) is 6.41 Å². The molecule has 3 fully saturated rings. The van der Waals surface area contributed by atoms with Crippen LogP contribution >= 0.6 is 0 Å². The minimum Gasteiger partial charge on any atom is -0.496 e. The lowest BCUT2D eigenvalue weighted by Gasteiger charge is -2.21. The molecule has 0 radical (unpaired) electrons. The second-order valence-electron chi connectivity index (χ2n) is 8.58. The van der Waals surface area contributed by atoms with Crippen molar-refractivity contribution in [2.24, 2.45) is 0 Å². The van der Waals surface area contributed by atoms with E-state index >= 15 is 0 Å². The predicted octanol–water partition coefficient (Wildman–Crippen LogP) is 4.61. The Labute approximate surface area is 221 Å². The number of amides is 1. The lowest BCUT2D eigenvalue weighted by Crippen LogP contribution is -2.81. The zero-order valence-electron chi connectivity index (χ0n) is 22.7.